The van der Waals surface area contributed by atoms with E-state index < -0.39 is 58.3 Å². The number of aryl methyl sites for hydroxylation is 1. The molecule has 21 heteroatoms. The van der Waals surface area contributed by atoms with E-state index in [1.165, 1.54) is 29.7 Å². The average molecular weight is 1070 g/mol. The summed E-state index contributed by atoms with van der Waals surface area (Å²) >= 11 is 1.57. The molecule has 0 spiro atoms. The Hall–Kier alpha value is -6.28. The lowest BCUT2D eigenvalue weighted by Gasteiger charge is -2.39. The van der Waals surface area contributed by atoms with Gasteiger partial charge in [0.1, 0.15) is 35.8 Å². The van der Waals surface area contributed by atoms with Crippen molar-refractivity contribution in [2.75, 3.05) is 75.4 Å². The molecule has 1 unspecified atom stereocenters. The van der Waals surface area contributed by atoms with Gasteiger partial charge < -0.3 is 29.5 Å². The lowest BCUT2D eigenvalue weighted by molar-refractivity contribution is -0.146. The third-order valence-corrected chi connectivity index (χ3v) is 15.6. The van der Waals surface area contributed by atoms with E-state index in [-0.39, 0.29) is 74.1 Å². The maximum atomic E-state index is 14.4. The van der Waals surface area contributed by atoms with Crippen LogP contribution in [0.4, 0.5) is 29.3 Å². The Bertz CT molecular complexity index is 2830. The summed E-state index contributed by atoms with van der Waals surface area (Å²) in [6.07, 6.45) is -6.20. The summed E-state index contributed by atoms with van der Waals surface area (Å²) in [6, 6.07) is 16.5. The number of urea groups is 1. The van der Waals surface area contributed by atoms with Crippen molar-refractivity contribution in [3.8, 4) is 22.3 Å². The number of ketones is 1. The number of carbonyl (C=O) groups is 5. The van der Waals surface area contributed by atoms with Crippen molar-refractivity contribution in [2.24, 2.45) is 11.3 Å². The maximum Gasteiger partial charge on any atom is 0.417 e. The van der Waals surface area contributed by atoms with Crippen LogP contribution >= 0.6 is 11.3 Å². The van der Waals surface area contributed by atoms with E-state index in [2.05, 4.69) is 20.1 Å². The van der Waals surface area contributed by atoms with E-state index in [0.29, 0.717) is 68.3 Å². The lowest BCUT2D eigenvalue weighted by atomic mass is 9.76. The molecule has 0 saturated carbocycles. The van der Waals surface area contributed by atoms with Crippen LogP contribution in [0.2, 0.25) is 0 Å². The quantitative estimate of drug-likeness (QED) is 0.109. The molecule has 6 atom stereocenters. The lowest BCUT2D eigenvalue weighted by Crippen LogP contribution is -2.53. The van der Waals surface area contributed by atoms with E-state index in [9.17, 15) is 47.5 Å². The number of hydrogen-bond donors (Lipinski definition) is 2. The van der Waals surface area contributed by atoms with Gasteiger partial charge in [0.25, 0.3) is 5.91 Å². The van der Waals surface area contributed by atoms with Crippen molar-refractivity contribution in [1.82, 2.24) is 25.0 Å². The summed E-state index contributed by atoms with van der Waals surface area (Å²) in [5.74, 6) is -1.81. The van der Waals surface area contributed by atoms with Gasteiger partial charge in [-0.1, -0.05) is 45.0 Å². The summed E-state index contributed by atoms with van der Waals surface area (Å²) in [4.78, 5) is 82.4. The van der Waals surface area contributed by atoms with E-state index in [1.807, 2.05) is 64.4 Å². The number of alkyl halides is 3. The molecule has 5 heterocycles. The first-order valence-corrected chi connectivity index (χ1v) is 26.3. The number of aliphatic hydroxyl groups is 1. The number of nitriles is 1. The zero-order chi connectivity index (χ0) is 54.9. The molecule has 4 aromatic rings. The number of nitrogens with one attached hydrogen (secondary N) is 1. The number of β-amino-alcohol motifs (C(OH)–C–C–N with tert-alkyl or cyclic N) is 1. The van der Waals surface area contributed by atoms with E-state index in [0.717, 1.165) is 33.8 Å². The van der Waals surface area contributed by atoms with Crippen LogP contribution in [0.3, 0.4) is 0 Å². The van der Waals surface area contributed by atoms with E-state index in [4.69, 9.17) is 14.2 Å². The third kappa shape index (κ3) is 12.4. The number of amides is 5. The number of rotatable bonds is 16. The molecule has 4 fully saturated rings. The Morgan fingerprint density at radius 1 is 0.947 bits per heavy atom. The molecule has 4 aliphatic heterocycles. The molecule has 4 aliphatic rings. The SMILES string of the molecule is Cc1ncsc1-c1ccc([C@H](C)NC(=O)[C@@H]2C[C@@H](O)CN2C(=O)[C@@H](CC(=O)CN2CCOC(CN3CCO[C@H](COc4ccc(N5C(=O)N(c6ccc(C#N)c(C(F)(F)F)c6)C(=O)C5(C)C)cc4)C3)C2)C(C)(C)C)cc1. The topological polar surface area (TPSA) is 198 Å². The van der Waals surface area contributed by atoms with Crippen LogP contribution in [-0.4, -0.2) is 150 Å². The number of likely N-dealkylation sites (tertiary alicyclic amines) is 1. The fourth-order valence-electron chi connectivity index (χ4n) is 10.4. The highest BCUT2D eigenvalue weighted by Crippen LogP contribution is 2.40. The summed E-state index contributed by atoms with van der Waals surface area (Å²) in [5.41, 5.74) is 0.746. The molecule has 17 nitrogen and oxygen atoms in total. The van der Waals surface area contributed by atoms with E-state index >= 15 is 0 Å². The first-order chi connectivity index (χ1) is 35.9. The van der Waals surface area contributed by atoms with Crippen molar-refractivity contribution in [1.29, 1.82) is 5.26 Å². The third-order valence-electron chi connectivity index (χ3n) is 14.6. The number of morpholine rings is 2. The number of thiazole rings is 1. The number of nitrogens with zero attached hydrogens (tertiary/aromatic N) is 7. The molecule has 406 valence electrons. The van der Waals surface area contributed by atoms with Crippen molar-refractivity contribution in [3.63, 3.8) is 0 Å². The van der Waals surface area contributed by atoms with Gasteiger partial charge in [-0.05, 0) is 86.7 Å². The molecule has 0 aliphatic carbocycles. The summed E-state index contributed by atoms with van der Waals surface area (Å²) in [5, 5.41) is 23.1. The number of imide groups is 1. The second kappa shape index (κ2) is 22.7. The molecule has 8 rings (SSSR count). The monoisotopic (exact) mass is 1070 g/mol. The molecule has 2 N–H and O–H groups in total. The van der Waals surface area contributed by atoms with Gasteiger partial charge in [0.2, 0.25) is 11.8 Å². The number of carbonyl (C=O) groups excluding carboxylic acids is 5. The van der Waals surface area contributed by atoms with Crippen LogP contribution in [0.5, 0.6) is 5.75 Å². The summed E-state index contributed by atoms with van der Waals surface area (Å²) in [7, 11) is 0. The highest BCUT2D eigenvalue weighted by molar-refractivity contribution is 7.13. The molecule has 3 aromatic carbocycles. The summed E-state index contributed by atoms with van der Waals surface area (Å²) in [6.45, 7) is 16.6. The molecule has 1 aromatic heterocycles. The normalized spacial score (nSPS) is 22.4. The van der Waals surface area contributed by atoms with Gasteiger partial charge >= 0.3 is 12.2 Å². The van der Waals surface area contributed by atoms with Crippen LogP contribution in [0, 0.1) is 29.6 Å². The first kappa shape index (κ1) is 55.9. The number of Topliss-reactive ketones (excluding diaryl/α,β-unsaturated/α-hetero) is 1. The number of benzene rings is 3. The molecular weight excluding hydrogens is 1010 g/mol. The Balaban J connectivity index is 0.810. The van der Waals surface area contributed by atoms with Crippen molar-refractivity contribution in [2.45, 2.75) is 103 Å². The molecule has 76 heavy (non-hydrogen) atoms. The highest BCUT2D eigenvalue weighted by Gasteiger charge is 2.53. The highest BCUT2D eigenvalue weighted by atomic mass is 32.1. The minimum atomic E-state index is -4.88. The van der Waals surface area contributed by atoms with Crippen LogP contribution in [0.1, 0.15) is 82.8 Å². The first-order valence-electron chi connectivity index (χ1n) is 25.4. The fraction of sp³-hybridized carbons (Fsp3) is 0.509. The van der Waals surface area contributed by atoms with Gasteiger partial charge in [-0.2, -0.15) is 18.4 Å². The largest absolute Gasteiger partial charge is 0.491 e. The van der Waals surface area contributed by atoms with Gasteiger partial charge in [-0.25, -0.2) is 14.7 Å². The van der Waals surface area contributed by atoms with Crippen LogP contribution < -0.4 is 19.9 Å². The molecule has 5 amide bonds. The van der Waals surface area contributed by atoms with Crippen molar-refractivity contribution < 1.29 is 56.5 Å². The van der Waals surface area contributed by atoms with Gasteiger partial charge in [0, 0.05) is 63.7 Å². The fourth-order valence-corrected chi connectivity index (χ4v) is 11.2. The smallest absolute Gasteiger partial charge is 0.417 e. The zero-order valence-electron chi connectivity index (χ0n) is 43.8. The molecule has 0 bridgehead atoms. The van der Waals surface area contributed by atoms with Crippen LogP contribution in [0.25, 0.3) is 10.4 Å². The average Bonchev–Trinajstić information content (AvgIpc) is 4.07. The Labute approximate surface area is 444 Å². The minimum Gasteiger partial charge on any atom is -0.491 e. The predicted molar refractivity (Wildman–Crippen MR) is 277 cm³/mol. The predicted octanol–water partition coefficient (Wildman–Crippen LogP) is 7.00. The maximum absolute atomic E-state index is 14.4. The number of aromatic nitrogens is 1. The molecular formula is C55H65F3N8O9S. The van der Waals surface area contributed by atoms with Gasteiger partial charge in [-0.3, -0.25) is 33.9 Å². The van der Waals surface area contributed by atoms with Gasteiger partial charge in [0.05, 0.1) is 77.0 Å². The number of halogens is 3. The van der Waals surface area contributed by atoms with Gasteiger partial charge in [0.15, 0.2) is 0 Å². The standard InChI is InChI=1S/C55H65F3N8O9S/c1-33(35-8-10-36(11-9-35)48-34(2)60-32-76-48)61-49(69)47-24-41(68)27-64(47)50(70)46(53(3,4)5)23-40(67)26-62-18-20-73-43(28-62)29-63-19-21-74-44(30-63)31-75-42-16-14-38(15-17-42)66-52(72)65(51(71)54(66,6)7)39-13-12-37(25-59)45(22-39)55(56,57)58/h8-17,22,32-33,41,43-44,46-47,68H,18-21,23-24,26-31H2,1-7H3,(H,61,69)/t33-,41+,43?,44-,46+,47-/m0/s1. The molecule has 0 radical (unpaired) electrons. The number of aliphatic hydroxyl groups excluding tert-OH is 1. The number of ether oxygens (including phenoxy) is 3. The second-order valence-corrected chi connectivity index (χ2v) is 22.5. The van der Waals surface area contributed by atoms with Gasteiger partial charge in [-0.15, -0.1) is 11.3 Å². The second-order valence-electron chi connectivity index (χ2n) is 21.6. The zero-order valence-corrected chi connectivity index (χ0v) is 44.6. The van der Waals surface area contributed by atoms with Crippen LogP contribution in [0.15, 0.2) is 72.2 Å². The van der Waals surface area contributed by atoms with E-state index in [1.54, 1.807) is 35.6 Å². The van der Waals surface area contributed by atoms with Crippen LogP contribution in [-0.2, 0) is 34.8 Å². The van der Waals surface area contributed by atoms with Crippen molar-refractivity contribution in [3.05, 3.63) is 94.6 Å². The van der Waals surface area contributed by atoms with Crippen molar-refractivity contribution >= 4 is 52.2 Å². The molecule has 4 saturated heterocycles. The number of anilines is 2. The summed E-state index contributed by atoms with van der Waals surface area (Å²) < 4.78 is 59.6. The Kier molecular flexibility index (Phi) is 16.7. The Morgan fingerprint density at radius 3 is 2.25 bits per heavy atom. The Morgan fingerprint density at radius 2 is 1.61 bits per heavy atom. The minimum absolute atomic E-state index is 0.00105. The number of hydrogen-bond acceptors (Lipinski definition) is 14.